The van der Waals surface area contributed by atoms with Crippen molar-refractivity contribution in [3.05, 3.63) is 57.6 Å². The highest BCUT2D eigenvalue weighted by atomic mass is 79.9. The summed E-state index contributed by atoms with van der Waals surface area (Å²) in [5, 5.41) is 0. The van der Waals surface area contributed by atoms with Crippen molar-refractivity contribution in [3.63, 3.8) is 0 Å². The van der Waals surface area contributed by atoms with Crippen molar-refractivity contribution in [2.75, 3.05) is 18.9 Å². The van der Waals surface area contributed by atoms with Gasteiger partial charge in [-0.05, 0) is 24.3 Å². The molecule has 27 heavy (non-hydrogen) atoms. The molecule has 0 saturated heterocycles. The Labute approximate surface area is 161 Å². The maximum Gasteiger partial charge on any atom is 0.340 e. The van der Waals surface area contributed by atoms with Gasteiger partial charge in [-0.1, -0.05) is 15.9 Å². The molecule has 11 heteroatoms. The van der Waals surface area contributed by atoms with Crippen molar-refractivity contribution in [1.29, 1.82) is 0 Å². The zero-order chi connectivity index (χ0) is 20.4. The van der Waals surface area contributed by atoms with Gasteiger partial charge in [-0.25, -0.2) is 26.8 Å². The summed E-state index contributed by atoms with van der Waals surface area (Å²) in [6.45, 7) is 0. The molecule has 1 N–H and O–H groups in total. The van der Waals surface area contributed by atoms with E-state index < -0.39 is 49.7 Å². The first kappa shape index (κ1) is 20.8. The van der Waals surface area contributed by atoms with E-state index in [1.807, 2.05) is 4.72 Å². The van der Waals surface area contributed by atoms with Gasteiger partial charge in [0.25, 0.3) is 10.0 Å². The lowest BCUT2D eigenvalue weighted by Gasteiger charge is -2.13. The first-order valence-corrected chi connectivity index (χ1v) is 9.36. The zero-order valence-corrected chi connectivity index (χ0v) is 16.3. The molecule has 0 spiro atoms. The van der Waals surface area contributed by atoms with Crippen LogP contribution < -0.4 is 4.72 Å². The van der Waals surface area contributed by atoms with E-state index in [-0.39, 0.29) is 5.56 Å². The Bertz CT molecular complexity index is 1030. The van der Waals surface area contributed by atoms with Crippen molar-refractivity contribution in [2.24, 2.45) is 0 Å². The summed E-state index contributed by atoms with van der Waals surface area (Å²) in [5.74, 6) is -4.54. The van der Waals surface area contributed by atoms with E-state index in [1.54, 1.807) is 0 Å². The van der Waals surface area contributed by atoms with Crippen molar-refractivity contribution in [2.45, 2.75) is 4.90 Å². The van der Waals surface area contributed by atoms with Crippen molar-refractivity contribution in [3.8, 4) is 0 Å². The summed E-state index contributed by atoms with van der Waals surface area (Å²) >= 11 is 3.10. The maximum absolute atomic E-state index is 14.0. The molecule has 7 nitrogen and oxygen atoms in total. The number of sulfonamides is 1. The molecule has 0 radical (unpaired) electrons. The van der Waals surface area contributed by atoms with Crippen molar-refractivity contribution < 1.29 is 36.3 Å². The second kappa shape index (κ2) is 8.01. The van der Waals surface area contributed by atoms with Crippen LogP contribution in [0.25, 0.3) is 0 Å². The normalized spacial score (nSPS) is 11.0. The summed E-state index contributed by atoms with van der Waals surface area (Å²) in [6, 6.07) is 4.65. The molecule has 2 aromatic rings. The average Bonchev–Trinajstić information content (AvgIpc) is 2.62. The molecule has 0 atom stereocenters. The van der Waals surface area contributed by atoms with Crippen LogP contribution in [0.2, 0.25) is 0 Å². The topological polar surface area (TPSA) is 98.8 Å². The van der Waals surface area contributed by atoms with E-state index in [0.29, 0.717) is 16.6 Å². The second-order valence-corrected chi connectivity index (χ2v) is 7.61. The Kier molecular flexibility index (Phi) is 6.16. The molecule has 0 aliphatic rings. The van der Waals surface area contributed by atoms with Crippen LogP contribution in [0.5, 0.6) is 0 Å². The minimum absolute atomic E-state index is 0.310. The van der Waals surface area contributed by atoms with Crippen LogP contribution in [0.15, 0.2) is 39.7 Å². The third kappa shape index (κ3) is 4.42. The lowest BCUT2D eigenvalue weighted by Crippen LogP contribution is -2.19. The molecule has 0 amide bonds. The largest absolute Gasteiger partial charge is 0.465 e. The number of esters is 2. The SMILES string of the molecule is COC(=O)c1cc(NS(=O)(=O)c2ccc(Br)cc2C(=O)OC)c(F)cc1F. The number of carbonyl (C=O) groups is 2. The zero-order valence-electron chi connectivity index (χ0n) is 13.9. The van der Waals surface area contributed by atoms with Gasteiger partial charge in [0, 0.05) is 10.5 Å². The first-order chi connectivity index (χ1) is 12.6. The fourth-order valence-corrected chi connectivity index (χ4v) is 3.70. The summed E-state index contributed by atoms with van der Waals surface area (Å²) < 4.78 is 64.2. The van der Waals surface area contributed by atoms with E-state index in [4.69, 9.17) is 0 Å². The number of hydrogen-bond donors (Lipinski definition) is 1. The van der Waals surface area contributed by atoms with Crippen LogP contribution in [-0.2, 0) is 19.5 Å². The third-order valence-corrected chi connectivity index (χ3v) is 5.26. The molecule has 2 aromatic carbocycles. The molecular formula is C16H12BrF2NO6S. The van der Waals surface area contributed by atoms with Crippen LogP contribution in [0.3, 0.4) is 0 Å². The number of hydrogen-bond acceptors (Lipinski definition) is 6. The molecule has 0 aliphatic carbocycles. The Morgan fingerprint density at radius 1 is 0.963 bits per heavy atom. The Morgan fingerprint density at radius 3 is 2.15 bits per heavy atom. The van der Waals surface area contributed by atoms with Gasteiger partial charge >= 0.3 is 11.9 Å². The van der Waals surface area contributed by atoms with Gasteiger partial charge in [0.1, 0.15) is 16.5 Å². The van der Waals surface area contributed by atoms with Gasteiger partial charge < -0.3 is 9.47 Å². The molecule has 0 aromatic heterocycles. The predicted molar refractivity (Wildman–Crippen MR) is 94.0 cm³/mol. The molecule has 0 fully saturated rings. The molecule has 0 heterocycles. The minimum Gasteiger partial charge on any atom is -0.465 e. The van der Waals surface area contributed by atoms with E-state index in [9.17, 15) is 26.8 Å². The Balaban J connectivity index is 2.55. The smallest absolute Gasteiger partial charge is 0.340 e. The Hall–Kier alpha value is -2.53. The molecule has 0 saturated carbocycles. The molecule has 0 unspecified atom stereocenters. The lowest BCUT2D eigenvalue weighted by atomic mass is 10.2. The van der Waals surface area contributed by atoms with Gasteiger partial charge in [-0.15, -0.1) is 0 Å². The van der Waals surface area contributed by atoms with Crippen molar-refractivity contribution >= 4 is 43.6 Å². The number of nitrogens with one attached hydrogen (secondary N) is 1. The Morgan fingerprint density at radius 2 is 1.56 bits per heavy atom. The highest BCUT2D eigenvalue weighted by Gasteiger charge is 2.26. The number of carbonyl (C=O) groups excluding carboxylic acids is 2. The van der Waals surface area contributed by atoms with Crippen LogP contribution in [-0.4, -0.2) is 34.6 Å². The quantitative estimate of drug-likeness (QED) is 0.683. The fourth-order valence-electron chi connectivity index (χ4n) is 2.10. The minimum atomic E-state index is -4.49. The second-order valence-electron chi connectivity index (χ2n) is 5.04. The van der Waals surface area contributed by atoms with Gasteiger partial charge in [0.05, 0.1) is 31.0 Å². The highest BCUT2D eigenvalue weighted by molar-refractivity contribution is 9.10. The van der Waals surface area contributed by atoms with Crippen molar-refractivity contribution in [1.82, 2.24) is 0 Å². The summed E-state index contributed by atoms with van der Waals surface area (Å²) in [7, 11) is -2.44. The number of halogens is 3. The fraction of sp³-hybridized carbons (Fsp3) is 0.125. The molecule has 144 valence electrons. The van der Waals surface area contributed by atoms with E-state index >= 15 is 0 Å². The summed E-state index contributed by atoms with van der Waals surface area (Å²) in [4.78, 5) is 22.9. The van der Waals surface area contributed by atoms with Crippen LogP contribution in [0.4, 0.5) is 14.5 Å². The number of anilines is 1. The molecule has 2 rings (SSSR count). The average molecular weight is 464 g/mol. The number of rotatable bonds is 5. The third-order valence-electron chi connectivity index (χ3n) is 3.34. The van der Waals surface area contributed by atoms with Gasteiger partial charge in [-0.2, -0.15) is 0 Å². The van der Waals surface area contributed by atoms with E-state index in [0.717, 1.165) is 20.3 Å². The van der Waals surface area contributed by atoms with E-state index in [2.05, 4.69) is 25.4 Å². The molecule has 0 aliphatic heterocycles. The van der Waals surface area contributed by atoms with Crippen LogP contribution in [0, 0.1) is 11.6 Å². The molecule has 0 bridgehead atoms. The van der Waals surface area contributed by atoms with Crippen LogP contribution in [0.1, 0.15) is 20.7 Å². The predicted octanol–water partition coefficient (Wildman–Crippen LogP) is 3.10. The highest BCUT2D eigenvalue weighted by Crippen LogP contribution is 2.26. The number of ether oxygens (including phenoxy) is 2. The number of methoxy groups -OCH3 is 2. The van der Waals surface area contributed by atoms with E-state index in [1.165, 1.54) is 12.1 Å². The number of benzene rings is 2. The van der Waals surface area contributed by atoms with Gasteiger partial charge in [-0.3, -0.25) is 4.72 Å². The monoisotopic (exact) mass is 463 g/mol. The standard InChI is InChI=1S/C16H12BrF2NO6S/c1-25-15(21)9-6-13(12(19)7-11(9)18)20-27(23,24)14-4-3-8(17)5-10(14)16(22)26-2/h3-7,20H,1-2H3. The van der Waals surface area contributed by atoms with Gasteiger partial charge in [0.15, 0.2) is 0 Å². The molecular weight excluding hydrogens is 452 g/mol. The summed E-state index contributed by atoms with van der Waals surface area (Å²) in [6.07, 6.45) is 0. The van der Waals surface area contributed by atoms with Gasteiger partial charge in [0.2, 0.25) is 0 Å². The van der Waals surface area contributed by atoms with Crippen LogP contribution >= 0.6 is 15.9 Å². The first-order valence-electron chi connectivity index (χ1n) is 7.08. The maximum atomic E-state index is 14.0. The lowest BCUT2D eigenvalue weighted by molar-refractivity contribution is 0.0587. The summed E-state index contributed by atoms with van der Waals surface area (Å²) in [5.41, 5.74) is -1.67.